The predicted molar refractivity (Wildman–Crippen MR) is 89.4 cm³/mol. The van der Waals surface area contributed by atoms with E-state index in [4.69, 9.17) is 0 Å². The van der Waals surface area contributed by atoms with Gasteiger partial charge in [0.25, 0.3) is 0 Å². The van der Waals surface area contributed by atoms with Gasteiger partial charge in [-0.3, -0.25) is 14.8 Å². The minimum atomic E-state index is -0.622. The molecule has 24 heavy (non-hydrogen) atoms. The maximum atomic E-state index is 12.1. The number of aromatic nitrogens is 3. The van der Waals surface area contributed by atoms with Crippen LogP contribution >= 0.6 is 0 Å². The van der Waals surface area contributed by atoms with Crippen LogP contribution in [0.4, 0.5) is 5.82 Å². The van der Waals surface area contributed by atoms with Crippen LogP contribution in [0.25, 0.3) is 0 Å². The van der Waals surface area contributed by atoms with E-state index in [1.54, 1.807) is 31.0 Å². The maximum absolute atomic E-state index is 12.1. The Morgan fingerprint density at radius 1 is 1.29 bits per heavy atom. The number of aryl methyl sites for hydroxylation is 1. The van der Waals surface area contributed by atoms with Crippen molar-refractivity contribution in [3.63, 3.8) is 0 Å². The lowest BCUT2D eigenvalue weighted by atomic mass is 10.0. The number of carbonyl (C=O) groups excluding carboxylic acids is 1. The van der Waals surface area contributed by atoms with E-state index in [2.05, 4.69) is 20.3 Å². The summed E-state index contributed by atoms with van der Waals surface area (Å²) in [6.07, 6.45) is 9.51. The first kappa shape index (κ1) is 16.3. The van der Waals surface area contributed by atoms with Gasteiger partial charge in [0.15, 0.2) is 0 Å². The number of piperidine rings is 1. The van der Waals surface area contributed by atoms with Gasteiger partial charge in [-0.1, -0.05) is 6.07 Å². The Bertz CT molecular complexity index is 653. The number of carbonyl (C=O) groups is 1. The Kier molecular flexibility index (Phi) is 5.32. The second-order valence-corrected chi connectivity index (χ2v) is 5.90. The molecule has 1 amide bonds. The number of amides is 1. The average Bonchev–Trinajstić information content (AvgIpc) is 2.63. The van der Waals surface area contributed by atoms with Crippen molar-refractivity contribution in [3.8, 4) is 0 Å². The molecular weight excluding hydrogens is 306 g/mol. The Labute approximate surface area is 140 Å². The van der Waals surface area contributed by atoms with E-state index in [-0.39, 0.29) is 11.9 Å². The number of pyridine rings is 1. The Morgan fingerprint density at radius 2 is 2.17 bits per heavy atom. The highest BCUT2D eigenvalue weighted by Crippen LogP contribution is 2.17. The molecule has 1 aliphatic rings. The Balaban J connectivity index is 1.47. The van der Waals surface area contributed by atoms with Gasteiger partial charge in [-0.05, 0) is 24.5 Å². The second-order valence-electron chi connectivity index (χ2n) is 5.90. The lowest BCUT2D eigenvalue weighted by molar-refractivity contribution is -0.122. The van der Waals surface area contributed by atoms with Crippen LogP contribution in [0.15, 0.2) is 43.1 Å². The third kappa shape index (κ3) is 4.26. The number of anilines is 1. The zero-order valence-corrected chi connectivity index (χ0v) is 13.4. The van der Waals surface area contributed by atoms with Crippen LogP contribution in [0.1, 0.15) is 18.4 Å². The molecule has 0 unspecified atom stereocenters. The molecule has 3 rings (SSSR count). The van der Waals surface area contributed by atoms with Crippen LogP contribution in [0.3, 0.4) is 0 Å². The van der Waals surface area contributed by atoms with Crippen LogP contribution in [-0.4, -0.2) is 51.2 Å². The molecule has 1 fully saturated rings. The molecule has 0 bridgehead atoms. The topological polar surface area (TPSA) is 91.2 Å². The van der Waals surface area contributed by atoms with Gasteiger partial charge in [0.1, 0.15) is 5.82 Å². The van der Waals surface area contributed by atoms with E-state index < -0.39 is 6.10 Å². The molecule has 2 aromatic rings. The minimum Gasteiger partial charge on any atom is -0.389 e. The van der Waals surface area contributed by atoms with Gasteiger partial charge in [0.05, 0.1) is 18.3 Å². The van der Waals surface area contributed by atoms with Crippen molar-refractivity contribution in [2.75, 3.05) is 18.0 Å². The van der Waals surface area contributed by atoms with Crippen LogP contribution in [-0.2, 0) is 11.2 Å². The highest BCUT2D eigenvalue weighted by molar-refractivity contribution is 5.76. The number of nitrogens with one attached hydrogen (secondary N) is 1. The monoisotopic (exact) mass is 327 g/mol. The first-order valence-electron chi connectivity index (χ1n) is 8.09. The zero-order chi connectivity index (χ0) is 16.8. The molecule has 126 valence electrons. The summed E-state index contributed by atoms with van der Waals surface area (Å²) in [4.78, 5) is 26.4. The molecule has 0 aliphatic carbocycles. The van der Waals surface area contributed by atoms with Crippen molar-refractivity contribution in [1.82, 2.24) is 20.3 Å². The van der Waals surface area contributed by atoms with Crippen LogP contribution in [0.2, 0.25) is 0 Å². The van der Waals surface area contributed by atoms with Gasteiger partial charge in [0, 0.05) is 44.3 Å². The van der Waals surface area contributed by atoms with Crippen molar-refractivity contribution in [3.05, 3.63) is 48.7 Å². The van der Waals surface area contributed by atoms with E-state index >= 15 is 0 Å². The Hall–Kier alpha value is -2.54. The lowest BCUT2D eigenvalue weighted by Gasteiger charge is -2.36. The molecule has 7 nitrogen and oxygen atoms in total. The van der Waals surface area contributed by atoms with Gasteiger partial charge < -0.3 is 15.3 Å². The minimum absolute atomic E-state index is 0.0455. The smallest absolute Gasteiger partial charge is 0.220 e. The van der Waals surface area contributed by atoms with Crippen molar-refractivity contribution in [2.45, 2.75) is 31.4 Å². The second kappa shape index (κ2) is 7.83. The molecule has 0 radical (unpaired) electrons. The van der Waals surface area contributed by atoms with Crippen LogP contribution < -0.4 is 10.2 Å². The van der Waals surface area contributed by atoms with Gasteiger partial charge >= 0.3 is 0 Å². The van der Waals surface area contributed by atoms with E-state index in [0.717, 1.165) is 17.9 Å². The van der Waals surface area contributed by atoms with Gasteiger partial charge in [-0.15, -0.1) is 0 Å². The number of β-amino-alcohol motifs (C(OH)–C–C–N with tert-alkyl or cyclic N) is 1. The van der Waals surface area contributed by atoms with Crippen molar-refractivity contribution in [2.24, 2.45) is 0 Å². The third-order valence-corrected chi connectivity index (χ3v) is 4.17. The fourth-order valence-corrected chi connectivity index (χ4v) is 2.85. The lowest BCUT2D eigenvalue weighted by Crippen LogP contribution is -2.54. The summed E-state index contributed by atoms with van der Waals surface area (Å²) in [6.45, 7) is 1.16. The number of aliphatic hydroxyl groups is 1. The number of hydrogen-bond donors (Lipinski definition) is 2. The summed E-state index contributed by atoms with van der Waals surface area (Å²) in [5.41, 5.74) is 1.03. The summed E-state index contributed by atoms with van der Waals surface area (Å²) in [5.74, 6) is 0.703. The van der Waals surface area contributed by atoms with Crippen LogP contribution in [0.5, 0.6) is 0 Å². The molecule has 0 saturated carbocycles. The standard InChI is InChI=1S/C17H21N5O2/c23-15-12-22(16-11-19-7-8-20-16)9-5-14(15)21-17(24)4-3-13-2-1-6-18-10-13/h1-2,6-8,10-11,14-15,23H,3-5,9,12H2,(H,21,24)/t14-,15-/m1/s1. The quantitative estimate of drug-likeness (QED) is 0.834. The SMILES string of the molecule is O=C(CCc1cccnc1)N[C@@H]1CCN(c2cnccn2)C[C@H]1O. The normalized spacial score (nSPS) is 20.6. The van der Waals surface area contributed by atoms with Crippen molar-refractivity contribution < 1.29 is 9.90 Å². The number of nitrogens with zero attached hydrogens (tertiary/aromatic N) is 4. The fourth-order valence-electron chi connectivity index (χ4n) is 2.85. The van der Waals surface area contributed by atoms with Gasteiger partial charge in [-0.2, -0.15) is 0 Å². The summed E-state index contributed by atoms with van der Waals surface area (Å²) < 4.78 is 0. The maximum Gasteiger partial charge on any atom is 0.220 e. The summed E-state index contributed by atoms with van der Waals surface area (Å²) >= 11 is 0. The molecule has 3 heterocycles. The van der Waals surface area contributed by atoms with E-state index in [9.17, 15) is 9.90 Å². The molecule has 2 atom stereocenters. The number of aliphatic hydroxyl groups excluding tert-OH is 1. The zero-order valence-electron chi connectivity index (χ0n) is 13.4. The largest absolute Gasteiger partial charge is 0.389 e. The molecule has 7 heteroatoms. The highest BCUT2D eigenvalue weighted by atomic mass is 16.3. The molecule has 1 saturated heterocycles. The first-order chi connectivity index (χ1) is 11.7. The predicted octanol–water partition coefficient (Wildman–Crippen LogP) is 0.560. The highest BCUT2D eigenvalue weighted by Gasteiger charge is 2.29. The number of hydrogen-bond acceptors (Lipinski definition) is 6. The fraction of sp³-hybridized carbons (Fsp3) is 0.412. The molecule has 0 aromatic carbocycles. The Morgan fingerprint density at radius 3 is 2.88 bits per heavy atom. The summed E-state index contributed by atoms with van der Waals surface area (Å²) in [5, 5.41) is 13.3. The van der Waals surface area contributed by atoms with Gasteiger partial charge in [-0.25, -0.2) is 4.98 Å². The molecule has 1 aliphatic heterocycles. The van der Waals surface area contributed by atoms with Gasteiger partial charge in [0.2, 0.25) is 5.91 Å². The van der Waals surface area contributed by atoms with Crippen molar-refractivity contribution >= 4 is 11.7 Å². The first-order valence-corrected chi connectivity index (χ1v) is 8.09. The number of rotatable bonds is 5. The average molecular weight is 327 g/mol. The van der Waals surface area contributed by atoms with E-state index in [0.29, 0.717) is 25.8 Å². The molecular formula is C17H21N5O2. The third-order valence-electron chi connectivity index (χ3n) is 4.17. The molecule has 2 N–H and O–H groups in total. The van der Waals surface area contributed by atoms with E-state index in [1.165, 1.54) is 0 Å². The summed E-state index contributed by atoms with van der Waals surface area (Å²) in [6, 6.07) is 3.59. The van der Waals surface area contributed by atoms with Crippen LogP contribution in [0, 0.1) is 0 Å². The molecule has 2 aromatic heterocycles. The van der Waals surface area contributed by atoms with Crippen molar-refractivity contribution in [1.29, 1.82) is 0 Å². The summed E-state index contributed by atoms with van der Waals surface area (Å²) in [7, 11) is 0. The molecule has 0 spiro atoms. The van der Waals surface area contributed by atoms with E-state index in [1.807, 2.05) is 17.0 Å².